The number of carbonyl (C=O) groups excluding carboxylic acids is 1. The molecule has 5 nitrogen and oxygen atoms in total. The summed E-state index contributed by atoms with van der Waals surface area (Å²) in [6, 6.07) is 10.7. The third kappa shape index (κ3) is 4.13. The first-order chi connectivity index (χ1) is 11.5. The zero-order valence-corrected chi connectivity index (χ0v) is 14.1. The molecule has 0 aliphatic carbocycles. The van der Waals surface area contributed by atoms with Gasteiger partial charge < -0.3 is 14.6 Å². The molecule has 0 aromatic heterocycles. The van der Waals surface area contributed by atoms with Crippen molar-refractivity contribution in [3.05, 3.63) is 64.2 Å². The van der Waals surface area contributed by atoms with Gasteiger partial charge in [-0.2, -0.15) is 0 Å². The SMILES string of the molecule is COc1ccc(Cl)cc1[C@@H](C)NC(C=O)c1ccc(C(=O)O)cc1. The minimum Gasteiger partial charge on any atom is -0.496 e. The highest BCUT2D eigenvalue weighted by atomic mass is 35.5. The summed E-state index contributed by atoms with van der Waals surface area (Å²) < 4.78 is 5.33. The molecule has 6 heteroatoms. The van der Waals surface area contributed by atoms with Crippen molar-refractivity contribution in [3.8, 4) is 5.75 Å². The van der Waals surface area contributed by atoms with Gasteiger partial charge in [0.25, 0.3) is 0 Å². The van der Waals surface area contributed by atoms with Gasteiger partial charge in [0.2, 0.25) is 0 Å². The molecule has 2 N–H and O–H groups in total. The Labute approximate surface area is 145 Å². The molecule has 0 fully saturated rings. The number of benzene rings is 2. The number of nitrogens with one attached hydrogen (secondary N) is 1. The summed E-state index contributed by atoms with van der Waals surface area (Å²) in [7, 11) is 1.57. The Morgan fingerprint density at radius 2 is 1.92 bits per heavy atom. The molecular weight excluding hydrogens is 330 g/mol. The molecule has 24 heavy (non-hydrogen) atoms. The molecule has 0 heterocycles. The predicted octanol–water partition coefficient (Wildman–Crippen LogP) is 3.64. The molecule has 2 aromatic carbocycles. The third-order valence-corrected chi connectivity index (χ3v) is 3.98. The van der Waals surface area contributed by atoms with Gasteiger partial charge in [0.05, 0.1) is 18.7 Å². The van der Waals surface area contributed by atoms with Crippen LogP contribution in [-0.4, -0.2) is 24.5 Å². The zero-order valence-electron chi connectivity index (χ0n) is 13.3. The fourth-order valence-electron chi connectivity index (χ4n) is 2.45. The van der Waals surface area contributed by atoms with E-state index in [1.54, 1.807) is 37.4 Å². The van der Waals surface area contributed by atoms with Crippen LogP contribution in [0.15, 0.2) is 42.5 Å². The van der Waals surface area contributed by atoms with Crippen molar-refractivity contribution >= 4 is 23.9 Å². The molecule has 0 aliphatic rings. The van der Waals surface area contributed by atoms with Crippen molar-refractivity contribution in [1.29, 1.82) is 0 Å². The van der Waals surface area contributed by atoms with Gasteiger partial charge in [0, 0.05) is 16.6 Å². The molecule has 126 valence electrons. The second-order valence-corrected chi connectivity index (χ2v) is 5.75. The fourth-order valence-corrected chi connectivity index (χ4v) is 2.63. The lowest BCUT2D eigenvalue weighted by molar-refractivity contribution is -0.109. The standard InChI is InChI=1S/C18H18ClNO4/c1-11(15-9-14(19)7-8-17(15)24-2)20-16(10-21)12-3-5-13(6-4-12)18(22)23/h3-11,16,20H,1-2H3,(H,22,23)/t11-,16?/m1/s1. The summed E-state index contributed by atoms with van der Waals surface area (Å²) in [6.07, 6.45) is 0.781. The number of carboxylic acid groups (broad SMARTS) is 1. The van der Waals surface area contributed by atoms with Crippen LogP contribution in [0.4, 0.5) is 0 Å². The lowest BCUT2D eigenvalue weighted by atomic mass is 10.0. The van der Waals surface area contributed by atoms with Gasteiger partial charge in [0.15, 0.2) is 0 Å². The van der Waals surface area contributed by atoms with E-state index < -0.39 is 12.0 Å². The van der Waals surface area contributed by atoms with E-state index in [1.165, 1.54) is 12.1 Å². The maximum Gasteiger partial charge on any atom is 0.335 e. The van der Waals surface area contributed by atoms with Crippen LogP contribution in [0.2, 0.25) is 5.02 Å². The van der Waals surface area contributed by atoms with Crippen LogP contribution in [0.25, 0.3) is 0 Å². The Morgan fingerprint density at radius 1 is 1.25 bits per heavy atom. The molecule has 0 aliphatic heterocycles. The first-order valence-electron chi connectivity index (χ1n) is 7.34. The van der Waals surface area contributed by atoms with Crippen molar-refractivity contribution in [3.63, 3.8) is 0 Å². The third-order valence-electron chi connectivity index (χ3n) is 3.74. The van der Waals surface area contributed by atoms with Crippen molar-refractivity contribution in [2.45, 2.75) is 19.0 Å². The second-order valence-electron chi connectivity index (χ2n) is 5.32. The molecule has 0 bridgehead atoms. The molecule has 1 unspecified atom stereocenters. The van der Waals surface area contributed by atoms with Crippen molar-refractivity contribution < 1.29 is 19.4 Å². The van der Waals surface area contributed by atoms with E-state index in [4.69, 9.17) is 21.4 Å². The molecule has 0 saturated heterocycles. The fraction of sp³-hybridized carbons (Fsp3) is 0.222. The first-order valence-corrected chi connectivity index (χ1v) is 7.72. The lowest BCUT2D eigenvalue weighted by Gasteiger charge is -2.22. The Morgan fingerprint density at radius 3 is 2.46 bits per heavy atom. The summed E-state index contributed by atoms with van der Waals surface area (Å²) >= 11 is 6.04. The number of ether oxygens (including phenoxy) is 1. The number of aldehydes is 1. The van der Waals surface area contributed by atoms with Crippen molar-refractivity contribution in [1.82, 2.24) is 5.32 Å². The lowest BCUT2D eigenvalue weighted by Crippen LogP contribution is -2.26. The smallest absolute Gasteiger partial charge is 0.335 e. The molecular formula is C18H18ClNO4. The van der Waals surface area contributed by atoms with Crippen LogP contribution < -0.4 is 10.1 Å². The number of halogens is 1. The van der Waals surface area contributed by atoms with Crippen molar-refractivity contribution in [2.75, 3.05) is 7.11 Å². The molecule has 0 saturated carbocycles. The van der Waals surface area contributed by atoms with Crippen LogP contribution in [0, 0.1) is 0 Å². The van der Waals surface area contributed by atoms with Crippen molar-refractivity contribution in [2.24, 2.45) is 0 Å². The summed E-state index contributed by atoms with van der Waals surface area (Å²) in [5, 5.41) is 12.7. The average molecular weight is 348 g/mol. The minimum atomic E-state index is -1.01. The number of carbonyl (C=O) groups is 2. The predicted molar refractivity (Wildman–Crippen MR) is 91.8 cm³/mol. The Bertz CT molecular complexity index is 730. The largest absolute Gasteiger partial charge is 0.496 e. The van der Waals surface area contributed by atoms with Gasteiger partial charge >= 0.3 is 5.97 Å². The summed E-state index contributed by atoms with van der Waals surface area (Å²) in [5.41, 5.74) is 1.69. The van der Waals surface area contributed by atoms with E-state index >= 15 is 0 Å². The van der Waals surface area contributed by atoms with Gasteiger partial charge in [-0.25, -0.2) is 4.79 Å². The van der Waals surface area contributed by atoms with E-state index in [0.717, 1.165) is 11.8 Å². The number of aromatic carboxylic acids is 1. The number of rotatable bonds is 7. The van der Waals surface area contributed by atoms with E-state index in [0.29, 0.717) is 16.3 Å². The number of carboxylic acids is 1. The van der Waals surface area contributed by atoms with Crippen LogP contribution in [0.3, 0.4) is 0 Å². The molecule has 0 spiro atoms. The number of hydrogen-bond acceptors (Lipinski definition) is 4. The summed E-state index contributed by atoms with van der Waals surface area (Å²) in [6.45, 7) is 1.90. The van der Waals surface area contributed by atoms with E-state index in [9.17, 15) is 9.59 Å². The highest BCUT2D eigenvalue weighted by molar-refractivity contribution is 6.30. The Balaban J connectivity index is 2.22. The highest BCUT2D eigenvalue weighted by Crippen LogP contribution is 2.29. The van der Waals surface area contributed by atoms with Gasteiger partial charge in [-0.1, -0.05) is 23.7 Å². The Hall–Kier alpha value is -2.37. The van der Waals surface area contributed by atoms with E-state index in [1.807, 2.05) is 6.92 Å². The summed E-state index contributed by atoms with van der Waals surface area (Å²) in [5.74, 6) is -0.334. The van der Waals surface area contributed by atoms with Crippen LogP contribution >= 0.6 is 11.6 Å². The van der Waals surface area contributed by atoms with Crippen LogP contribution in [0.5, 0.6) is 5.75 Å². The average Bonchev–Trinajstić information content (AvgIpc) is 2.59. The zero-order chi connectivity index (χ0) is 17.7. The van der Waals surface area contributed by atoms with Gasteiger partial charge in [-0.05, 0) is 42.8 Å². The quantitative estimate of drug-likeness (QED) is 0.748. The highest BCUT2D eigenvalue weighted by Gasteiger charge is 2.18. The maximum absolute atomic E-state index is 11.5. The first kappa shape index (κ1) is 18.0. The van der Waals surface area contributed by atoms with Crippen LogP contribution in [-0.2, 0) is 4.79 Å². The maximum atomic E-state index is 11.5. The van der Waals surface area contributed by atoms with E-state index in [2.05, 4.69) is 5.32 Å². The molecule has 2 atom stereocenters. The normalized spacial score (nSPS) is 13.1. The second kappa shape index (κ2) is 7.95. The van der Waals surface area contributed by atoms with Crippen LogP contribution in [0.1, 0.15) is 40.5 Å². The Kier molecular flexibility index (Phi) is 5.95. The number of hydrogen-bond donors (Lipinski definition) is 2. The number of methoxy groups -OCH3 is 1. The summed E-state index contributed by atoms with van der Waals surface area (Å²) in [4.78, 5) is 22.4. The molecule has 0 radical (unpaired) electrons. The minimum absolute atomic E-state index is 0.174. The molecule has 0 amide bonds. The molecule has 2 rings (SSSR count). The van der Waals surface area contributed by atoms with Gasteiger partial charge in [-0.15, -0.1) is 0 Å². The van der Waals surface area contributed by atoms with Gasteiger partial charge in [-0.3, -0.25) is 5.32 Å². The van der Waals surface area contributed by atoms with E-state index in [-0.39, 0.29) is 11.6 Å². The molecule has 2 aromatic rings. The topological polar surface area (TPSA) is 75.6 Å². The van der Waals surface area contributed by atoms with Gasteiger partial charge in [0.1, 0.15) is 12.0 Å². The monoisotopic (exact) mass is 347 g/mol.